The van der Waals surface area contributed by atoms with Crippen molar-refractivity contribution in [1.82, 2.24) is 4.72 Å². The van der Waals surface area contributed by atoms with E-state index in [1.54, 1.807) is 6.92 Å². The zero-order valence-corrected chi connectivity index (χ0v) is 13.2. The van der Waals surface area contributed by atoms with Crippen LogP contribution in [0.2, 0.25) is 0 Å². The van der Waals surface area contributed by atoms with Crippen LogP contribution in [0.4, 0.5) is 0 Å². The molecule has 7 heteroatoms. The largest absolute Gasteiger partial charge is 0.294 e. The summed E-state index contributed by atoms with van der Waals surface area (Å²) >= 11 is 0. The van der Waals surface area contributed by atoms with E-state index in [0.29, 0.717) is 6.54 Å². The minimum absolute atomic E-state index is 0.0757. The molecular formula is C14H24N3O3S+. The van der Waals surface area contributed by atoms with Gasteiger partial charge in [0.25, 0.3) is 10.2 Å². The summed E-state index contributed by atoms with van der Waals surface area (Å²) in [4.78, 5) is 11.3. The Kier molecular flexibility index (Phi) is 7.49. The van der Waals surface area contributed by atoms with Crippen LogP contribution in [0.1, 0.15) is 49.4 Å². The average molecular weight is 314 g/mol. The molecule has 1 heterocycles. The van der Waals surface area contributed by atoms with E-state index in [1.807, 2.05) is 29.1 Å². The zero-order chi connectivity index (χ0) is 15.7. The van der Waals surface area contributed by atoms with Gasteiger partial charge < -0.3 is 0 Å². The first kappa shape index (κ1) is 17.7. The lowest BCUT2D eigenvalue weighted by Crippen LogP contribution is -2.33. The molecule has 6 nitrogen and oxygen atoms in total. The molecule has 0 aliphatic heterocycles. The Balaban J connectivity index is 2.12. The second-order valence-corrected chi connectivity index (χ2v) is 6.47. The molecule has 118 valence electrons. The van der Waals surface area contributed by atoms with Crippen LogP contribution in [0.15, 0.2) is 24.5 Å². The number of aryl methyl sites for hydroxylation is 1. The molecule has 0 aliphatic carbocycles. The van der Waals surface area contributed by atoms with Crippen molar-refractivity contribution < 1.29 is 17.8 Å². The van der Waals surface area contributed by atoms with Crippen LogP contribution in [-0.2, 0) is 16.8 Å². The third-order valence-corrected chi connectivity index (χ3v) is 3.77. The van der Waals surface area contributed by atoms with E-state index >= 15 is 0 Å². The van der Waals surface area contributed by atoms with Crippen molar-refractivity contribution in [3.05, 3.63) is 30.1 Å². The highest BCUT2D eigenvalue weighted by Crippen LogP contribution is 2.03. The highest BCUT2D eigenvalue weighted by Gasteiger charge is 2.06. The zero-order valence-electron chi connectivity index (χ0n) is 12.4. The van der Waals surface area contributed by atoms with E-state index in [0.717, 1.165) is 44.2 Å². The number of aromatic nitrogens is 1. The normalized spacial score (nSPS) is 11.5. The first-order valence-electron chi connectivity index (χ1n) is 7.16. The highest BCUT2D eigenvalue weighted by atomic mass is 32.2. The minimum Gasteiger partial charge on any atom is -0.294 e. The van der Waals surface area contributed by atoms with E-state index in [1.165, 1.54) is 0 Å². The summed E-state index contributed by atoms with van der Waals surface area (Å²) in [6, 6.07) is 3.70. The Bertz CT molecular complexity index is 558. The van der Waals surface area contributed by atoms with Crippen LogP contribution in [0.25, 0.3) is 0 Å². The second-order valence-electron chi connectivity index (χ2n) is 5.09. The van der Waals surface area contributed by atoms with Gasteiger partial charge in [-0.05, 0) is 25.8 Å². The maximum atomic E-state index is 11.3. The lowest BCUT2D eigenvalue weighted by molar-refractivity contribution is -0.697. The van der Waals surface area contributed by atoms with E-state index in [9.17, 15) is 13.2 Å². The van der Waals surface area contributed by atoms with Gasteiger partial charge in [-0.15, -0.1) is 0 Å². The maximum absolute atomic E-state index is 11.3. The number of hydrogen-bond donors (Lipinski definition) is 2. The molecule has 0 radical (unpaired) electrons. The van der Waals surface area contributed by atoms with Gasteiger partial charge in [-0.25, -0.2) is 14.4 Å². The van der Waals surface area contributed by atoms with E-state index in [-0.39, 0.29) is 5.78 Å². The molecule has 0 fully saturated rings. The summed E-state index contributed by atoms with van der Waals surface area (Å²) in [6.07, 6.45) is 8.77. The maximum Gasteiger partial charge on any atom is 0.274 e. The molecule has 1 rings (SSSR count). The first-order valence-corrected chi connectivity index (χ1v) is 8.70. The highest BCUT2D eigenvalue weighted by molar-refractivity contribution is 7.87. The SMILES string of the molecule is CC(=O)c1ccc[n+](CCCCCCCNS(N)(=O)=O)c1. The topological polar surface area (TPSA) is 93.1 Å². The Labute approximate surface area is 126 Å². The molecule has 3 N–H and O–H groups in total. The summed E-state index contributed by atoms with van der Waals surface area (Å²) < 4.78 is 25.6. The van der Waals surface area contributed by atoms with Gasteiger partial charge in [-0.3, -0.25) is 4.79 Å². The van der Waals surface area contributed by atoms with E-state index < -0.39 is 10.2 Å². The molecule has 0 aliphatic rings. The fraction of sp³-hybridized carbons (Fsp3) is 0.571. The van der Waals surface area contributed by atoms with Gasteiger partial charge >= 0.3 is 0 Å². The predicted octanol–water partition coefficient (Wildman–Crippen LogP) is 0.920. The lowest BCUT2D eigenvalue weighted by atomic mass is 10.1. The van der Waals surface area contributed by atoms with Crippen LogP contribution in [0, 0.1) is 0 Å². The molecule has 21 heavy (non-hydrogen) atoms. The molecule has 0 bridgehead atoms. The van der Waals surface area contributed by atoms with Crippen LogP contribution >= 0.6 is 0 Å². The molecular weight excluding hydrogens is 290 g/mol. The van der Waals surface area contributed by atoms with Gasteiger partial charge in [0.2, 0.25) is 0 Å². The summed E-state index contributed by atoms with van der Waals surface area (Å²) in [7, 11) is -3.55. The van der Waals surface area contributed by atoms with Gasteiger partial charge in [0.05, 0.1) is 5.56 Å². The number of nitrogens with zero attached hydrogens (tertiary/aromatic N) is 1. The van der Waals surface area contributed by atoms with E-state index in [2.05, 4.69) is 4.72 Å². The van der Waals surface area contributed by atoms with Crippen molar-refractivity contribution in [2.24, 2.45) is 5.14 Å². The fourth-order valence-electron chi connectivity index (χ4n) is 2.03. The molecule has 0 amide bonds. The van der Waals surface area contributed by atoms with Crippen molar-refractivity contribution in [1.29, 1.82) is 0 Å². The quantitative estimate of drug-likeness (QED) is 0.382. The molecule has 0 atom stereocenters. The third kappa shape index (κ3) is 8.54. The molecule has 0 saturated carbocycles. The van der Waals surface area contributed by atoms with Gasteiger partial charge in [0, 0.05) is 19.0 Å². The van der Waals surface area contributed by atoms with Crippen LogP contribution in [0.5, 0.6) is 0 Å². The molecule has 0 saturated heterocycles. The van der Waals surface area contributed by atoms with Crippen molar-refractivity contribution in [3.8, 4) is 0 Å². The molecule has 1 aromatic rings. The second kappa shape index (κ2) is 8.86. The summed E-state index contributed by atoms with van der Waals surface area (Å²) in [5.74, 6) is 0.0757. The van der Waals surface area contributed by atoms with Crippen molar-refractivity contribution in [2.75, 3.05) is 6.54 Å². The number of rotatable bonds is 10. The Morgan fingerprint density at radius 3 is 2.57 bits per heavy atom. The van der Waals surface area contributed by atoms with Crippen LogP contribution in [0.3, 0.4) is 0 Å². The summed E-state index contributed by atoms with van der Waals surface area (Å²) in [5, 5.41) is 4.83. The molecule has 0 aromatic carbocycles. The summed E-state index contributed by atoms with van der Waals surface area (Å²) in [5.41, 5.74) is 0.728. The Morgan fingerprint density at radius 1 is 1.24 bits per heavy atom. The predicted molar refractivity (Wildman–Crippen MR) is 80.8 cm³/mol. The number of nitrogens with two attached hydrogens (primary N) is 1. The first-order chi connectivity index (χ1) is 9.88. The molecule has 0 spiro atoms. The van der Waals surface area contributed by atoms with Gasteiger partial charge in [-0.2, -0.15) is 8.42 Å². The number of pyridine rings is 1. The average Bonchev–Trinajstić information content (AvgIpc) is 2.41. The number of Topliss-reactive ketones (excluding diaryl/α,β-unsaturated/α-hetero) is 1. The smallest absolute Gasteiger partial charge is 0.274 e. The molecule has 1 aromatic heterocycles. The number of carbonyl (C=O) groups excluding carboxylic acids is 1. The summed E-state index contributed by atoms with van der Waals surface area (Å²) in [6.45, 7) is 2.85. The monoisotopic (exact) mass is 314 g/mol. The van der Waals surface area contributed by atoms with E-state index in [4.69, 9.17) is 5.14 Å². The van der Waals surface area contributed by atoms with Crippen LogP contribution in [-0.4, -0.2) is 20.7 Å². The fourth-order valence-corrected chi connectivity index (χ4v) is 2.46. The Hall–Kier alpha value is -1.31. The molecule has 0 unspecified atom stereocenters. The third-order valence-electron chi connectivity index (χ3n) is 3.16. The van der Waals surface area contributed by atoms with Crippen molar-refractivity contribution in [2.45, 2.75) is 45.6 Å². The Morgan fingerprint density at radius 2 is 1.90 bits per heavy atom. The van der Waals surface area contributed by atoms with Gasteiger partial charge in [0.1, 0.15) is 6.54 Å². The minimum atomic E-state index is -3.55. The van der Waals surface area contributed by atoms with Gasteiger partial charge in [-0.1, -0.05) is 12.8 Å². The van der Waals surface area contributed by atoms with Gasteiger partial charge in [0.15, 0.2) is 18.2 Å². The van der Waals surface area contributed by atoms with Crippen molar-refractivity contribution in [3.63, 3.8) is 0 Å². The number of ketones is 1. The van der Waals surface area contributed by atoms with Crippen LogP contribution < -0.4 is 14.4 Å². The number of carbonyl (C=O) groups is 1. The number of unbranched alkanes of at least 4 members (excludes halogenated alkanes) is 4. The standard InChI is InChI=1S/C14H24N3O3S/c1-13(18)14-8-7-11-17(12-14)10-6-4-2-3-5-9-16-21(15,19)20/h7-8,11-12,16H,2-6,9-10H2,1H3,(H2,15,19,20)/q+1. The number of hydrogen-bond acceptors (Lipinski definition) is 3. The lowest BCUT2D eigenvalue weighted by Gasteiger charge is -2.02. The van der Waals surface area contributed by atoms with Crippen molar-refractivity contribution >= 4 is 16.0 Å². The number of nitrogens with one attached hydrogen (secondary N) is 1.